The first-order chi connectivity index (χ1) is 23.5. The Morgan fingerprint density at radius 2 is 1.92 bits per heavy atom. The van der Waals surface area contributed by atoms with Crippen molar-refractivity contribution in [2.24, 2.45) is 0 Å². The maximum absolute atomic E-state index is 15.6. The molecule has 17 heteroatoms. The molecule has 0 spiro atoms. The molecular formula is C32H32ClFN6O6S3. The van der Waals surface area contributed by atoms with Crippen molar-refractivity contribution in [1.82, 2.24) is 25.4 Å². The Morgan fingerprint density at radius 3 is 2.61 bits per heavy atom. The van der Waals surface area contributed by atoms with Crippen LogP contribution in [0.25, 0.3) is 10.9 Å². The number of pyridine rings is 1. The summed E-state index contributed by atoms with van der Waals surface area (Å²) >= 11 is 15.4. The Hall–Kier alpha value is -3.86. The fourth-order valence-corrected chi connectivity index (χ4v) is 9.46. The van der Waals surface area contributed by atoms with Crippen molar-refractivity contribution in [3.8, 4) is 0 Å². The van der Waals surface area contributed by atoms with E-state index in [2.05, 4.69) is 16.0 Å². The number of amides is 1. The predicted octanol–water partition coefficient (Wildman–Crippen LogP) is 3.39. The van der Waals surface area contributed by atoms with Crippen LogP contribution in [0.15, 0.2) is 45.8 Å². The van der Waals surface area contributed by atoms with Crippen molar-refractivity contribution in [3.05, 3.63) is 72.5 Å². The first-order valence-corrected chi connectivity index (χ1v) is 18.5. The molecule has 1 amide bonds. The molecule has 0 bridgehead atoms. The Labute approximate surface area is 298 Å². The van der Waals surface area contributed by atoms with Crippen LogP contribution in [0.5, 0.6) is 0 Å². The van der Waals surface area contributed by atoms with Gasteiger partial charge in [0.05, 0.1) is 39.4 Å². The lowest BCUT2D eigenvalue weighted by molar-refractivity contribution is -0.135. The molecule has 1 aliphatic carbocycles. The molecule has 3 aromatic rings. The summed E-state index contributed by atoms with van der Waals surface area (Å²) in [7, 11) is 0. The van der Waals surface area contributed by atoms with Crippen LogP contribution in [0, 0.1) is 5.82 Å². The lowest BCUT2D eigenvalue weighted by Gasteiger charge is -2.52. The molecule has 5 N–H and O–H groups in total. The molecule has 4 aliphatic rings. The number of nitrogens with one attached hydrogen (secondary N) is 3. The number of nitrogens with zero attached hydrogens (tertiary/aromatic N) is 3. The standard InChI is InChI=1S/C32H32ClFN6O6S3/c33-24-26-19(28(42)20(30(43)44)12-39(26)17-3-4-17)9-21(34)27(24)38-6-5-16(11-38)36-32(47)35-10-15-14-49-29-22(13-40(29)25(15)31(45)46)37-23(41)8-18-2-1-7-48-18/h1-2,7,9,12,16-17,22,29H,3-6,8,10-11,13-14H2,(H,37,41)(H,43,44)(H,45,46)(H2,35,36,47)/t16?,22-,29-/m1/s1. The van der Waals surface area contributed by atoms with Crippen molar-refractivity contribution < 1.29 is 29.0 Å². The number of thiocarbonyl (C=S) groups is 1. The highest BCUT2D eigenvalue weighted by Gasteiger charge is 2.46. The highest BCUT2D eigenvalue weighted by atomic mass is 35.5. The van der Waals surface area contributed by atoms with E-state index in [1.165, 1.54) is 17.5 Å². The predicted molar refractivity (Wildman–Crippen MR) is 190 cm³/mol. The second-order valence-corrected chi connectivity index (χ2v) is 15.5. The molecule has 12 nitrogen and oxygen atoms in total. The highest BCUT2D eigenvalue weighted by molar-refractivity contribution is 8.00. The van der Waals surface area contributed by atoms with Crippen LogP contribution >= 0.6 is 46.9 Å². The normalized spacial score (nSPS) is 21.7. The van der Waals surface area contributed by atoms with E-state index >= 15 is 4.39 Å². The molecule has 2 saturated heterocycles. The number of thioether (sulfide) groups is 1. The van der Waals surface area contributed by atoms with Crippen molar-refractivity contribution >= 4 is 86.5 Å². The van der Waals surface area contributed by atoms with Gasteiger partial charge in [-0.1, -0.05) is 17.7 Å². The molecule has 2 aromatic heterocycles. The maximum atomic E-state index is 15.6. The third kappa shape index (κ3) is 6.58. The molecule has 258 valence electrons. The number of carboxylic acid groups (broad SMARTS) is 2. The fourth-order valence-electron chi connectivity index (χ4n) is 6.74. The number of hydrogen-bond acceptors (Lipinski definition) is 9. The van der Waals surface area contributed by atoms with Gasteiger partial charge in [0.2, 0.25) is 11.3 Å². The maximum Gasteiger partial charge on any atom is 0.352 e. The van der Waals surface area contributed by atoms with Gasteiger partial charge in [0, 0.05) is 55.1 Å². The van der Waals surface area contributed by atoms with Crippen molar-refractivity contribution in [1.29, 1.82) is 0 Å². The van der Waals surface area contributed by atoms with Gasteiger partial charge in [-0.15, -0.1) is 23.1 Å². The highest BCUT2D eigenvalue weighted by Crippen LogP contribution is 2.43. The van der Waals surface area contributed by atoms with Gasteiger partial charge in [0.15, 0.2) is 5.11 Å². The van der Waals surface area contributed by atoms with Gasteiger partial charge < -0.3 is 40.5 Å². The number of aromatic carboxylic acids is 1. The summed E-state index contributed by atoms with van der Waals surface area (Å²) in [5, 5.41) is 31.1. The van der Waals surface area contributed by atoms with Crippen LogP contribution in [0.2, 0.25) is 5.02 Å². The zero-order valence-corrected chi connectivity index (χ0v) is 29.1. The van der Waals surface area contributed by atoms with Gasteiger partial charge in [-0.2, -0.15) is 0 Å². The van der Waals surface area contributed by atoms with E-state index in [4.69, 9.17) is 23.8 Å². The zero-order chi connectivity index (χ0) is 34.6. The minimum absolute atomic E-state index is 0.0106. The average molecular weight is 747 g/mol. The quantitative estimate of drug-likeness (QED) is 0.193. The third-order valence-corrected chi connectivity index (χ3v) is 12.2. The first-order valence-electron chi connectivity index (χ1n) is 15.7. The molecule has 49 heavy (non-hydrogen) atoms. The number of aromatic nitrogens is 1. The number of fused-ring (bicyclic) bond motifs is 2. The molecule has 3 fully saturated rings. The first kappa shape index (κ1) is 33.6. The number of thiophene rings is 1. The number of halogens is 2. The summed E-state index contributed by atoms with van der Waals surface area (Å²) in [6.07, 6.45) is 3.82. The van der Waals surface area contributed by atoms with Gasteiger partial charge in [0.1, 0.15) is 17.1 Å². The van der Waals surface area contributed by atoms with E-state index in [0.29, 0.717) is 54.4 Å². The Morgan fingerprint density at radius 1 is 1.12 bits per heavy atom. The Kier molecular flexibility index (Phi) is 9.23. The minimum Gasteiger partial charge on any atom is -0.477 e. The average Bonchev–Trinajstić information content (AvgIpc) is 3.57. The van der Waals surface area contributed by atoms with Crippen molar-refractivity contribution in [2.75, 3.05) is 36.8 Å². The lowest BCUT2D eigenvalue weighted by atomic mass is 10.0. The summed E-state index contributed by atoms with van der Waals surface area (Å²) in [4.78, 5) is 54.0. The fraction of sp³-hybridized carbons (Fsp3) is 0.406. The van der Waals surface area contributed by atoms with E-state index < -0.39 is 28.7 Å². The van der Waals surface area contributed by atoms with E-state index in [0.717, 1.165) is 23.8 Å². The number of anilines is 1. The Balaban J connectivity index is 0.980. The smallest absolute Gasteiger partial charge is 0.352 e. The summed E-state index contributed by atoms with van der Waals surface area (Å²) in [6, 6.07) is 4.57. The number of carboxylic acids is 2. The van der Waals surface area contributed by atoms with Crippen molar-refractivity contribution in [2.45, 2.75) is 49.2 Å². The second-order valence-electron chi connectivity index (χ2n) is 12.5. The van der Waals surface area contributed by atoms with E-state index in [1.807, 2.05) is 22.4 Å². The molecule has 5 heterocycles. The number of rotatable bonds is 10. The molecule has 1 saturated carbocycles. The topological polar surface area (TPSA) is 156 Å². The lowest BCUT2D eigenvalue weighted by Crippen LogP contribution is -2.67. The van der Waals surface area contributed by atoms with Gasteiger partial charge in [-0.25, -0.2) is 14.0 Å². The van der Waals surface area contributed by atoms with E-state index in [-0.39, 0.29) is 57.7 Å². The summed E-state index contributed by atoms with van der Waals surface area (Å²) in [5.74, 6) is -2.73. The molecule has 1 unspecified atom stereocenters. The van der Waals surface area contributed by atoms with Crippen LogP contribution in [0.4, 0.5) is 10.1 Å². The number of aliphatic carboxylic acids is 1. The number of carbonyl (C=O) groups excluding carboxylic acids is 1. The summed E-state index contributed by atoms with van der Waals surface area (Å²) in [6.45, 7) is 1.44. The summed E-state index contributed by atoms with van der Waals surface area (Å²) in [5.41, 5.74) is 0.185. The number of benzene rings is 1. The SMILES string of the molecule is O=C(Cc1cccs1)N[C@@H]1CN2C(C(=O)O)=C(CNC(=S)NC3CCN(c4c(F)cc5c(=O)c(C(=O)O)cn(C6CC6)c5c4Cl)C3)CS[C@H]12. The molecular weight excluding hydrogens is 715 g/mol. The molecule has 3 aliphatic heterocycles. The van der Waals surface area contributed by atoms with Gasteiger partial charge >= 0.3 is 11.9 Å². The van der Waals surface area contributed by atoms with E-state index in [1.54, 1.807) is 21.2 Å². The minimum atomic E-state index is -1.37. The third-order valence-electron chi connectivity index (χ3n) is 9.22. The van der Waals surface area contributed by atoms with Gasteiger partial charge in [-0.3, -0.25) is 9.59 Å². The van der Waals surface area contributed by atoms with Gasteiger partial charge in [-0.05, 0) is 54.6 Å². The summed E-state index contributed by atoms with van der Waals surface area (Å²) < 4.78 is 17.3. The van der Waals surface area contributed by atoms with Crippen LogP contribution in [-0.2, 0) is 16.0 Å². The van der Waals surface area contributed by atoms with Crippen LogP contribution in [-0.4, -0.2) is 92.0 Å². The number of carbonyl (C=O) groups is 3. The van der Waals surface area contributed by atoms with Crippen LogP contribution in [0.3, 0.4) is 0 Å². The molecule has 0 radical (unpaired) electrons. The second kappa shape index (κ2) is 13.5. The zero-order valence-electron chi connectivity index (χ0n) is 25.9. The Bertz CT molecular complexity index is 1970. The largest absolute Gasteiger partial charge is 0.477 e. The van der Waals surface area contributed by atoms with Crippen LogP contribution < -0.4 is 26.3 Å². The molecule has 7 rings (SSSR count). The van der Waals surface area contributed by atoms with E-state index in [9.17, 15) is 29.4 Å². The molecule has 3 atom stereocenters. The van der Waals surface area contributed by atoms with Crippen molar-refractivity contribution in [3.63, 3.8) is 0 Å². The van der Waals surface area contributed by atoms with Gasteiger partial charge in [0.25, 0.3) is 0 Å². The number of hydrogen-bond donors (Lipinski definition) is 5. The monoisotopic (exact) mass is 746 g/mol. The van der Waals surface area contributed by atoms with Crippen LogP contribution in [0.1, 0.15) is 40.5 Å². The molecule has 1 aromatic carbocycles.